The van der Waals surface area contributed by atoms with E-state index in [-0.39, 0.29) is 11.7 Å². The molecule has 0 spiro atoms. The van der Waals surface area contributed by atoms with Crippen LogP contribution < -0.4 is 5.32 Å². The molecule has 0 aliphatic rings. The topological polar surface area (TPSA) is 46.2 Å². The molecule has 0 saturated carbocycles. The number of amides is 1. The third kappa shape index (κ3) is 4.20. The minimum Gasteiger partial charge on any atom is -0.322 e. The summed E-state index contributed by atoms with van der Waals surface area (Å²) in [5.74, 6) is -0.380. The summed E-state index contributed by atoms with van der Waals surface area (Å²) >= 11 is 11.9. The summed E-state index contributed by atoms with van der Waals surface area (Å²) in [6, 6.07) is 11.9. The molecule has 5 heteroatoms. The Morgan fingerprint density at radius 3 is 2.55 bits per heavy atom. The van der Waals surface area contributed by atoms with Crippen LogP contribution in [0.5, 0.6) is 0 Å². The van der Waals surface area contributed by atoms with Crippen LogP contribution in [0.3, 0.4) is 0 Å². The number of rotatable bonds is 4. The zero-order chi connectivity index (χ0) is 16.1. The molecule has 0 fully saturated rings. The SMILES string of the molecule is CC(=O)c1cccc(NC(=O)/C=C/c2cccc(Cl)c2Cl)c1. The summed E-state index contributed by atoms with van der Waals surface area (Å²) in [5, 5.41) is 3.51. The Hall–Kier alpha value is -2.10. The Kier molecular flexibility index (Phi) is 5.36. The van der Waals surface area contributed by atoms with Crippen molar-refractivity contribution < 1.29 is 9.59 Å². The number of hydrogen-bond acceptors (Lipinski definition) is 2. The first kappa shape index (κ1) is 16.3. The molecule has 22 heavy (non-hydrogen) atoms. The van der Waals surface area contributed by atoms with Gasteiger partial charge in [-0.25, -0.2) is 0 Å². The summed E-state index contributed by atoms with van der Waals surface area (Å²) in [6.07, 6.45) is 2.94. The summed E-state index contributed by atoms with van der Waals surface area (Å²) < 4.78 is 0. The van der Waals surface area contributed by atoms with Gasteiger partial charge < -0.3 is 5.32 Å². The molecule has 0 aromatic heterocycles. The van der Waals surface area contributed by atoms with Gasteiger partial charge in [0.05, 0.1) is 10.0 Å². The fourth-order valence-corrected chi connectivity index (χ4v) is 2.19. The number of nitrogens with one attached hydrogen (secondary N) is 1. The van der Waals surface area contributed by atoms with Gasteiger partial charge in [-0.1, -0.05) is 47.5 Å². The zero-order valence-corrected chi connectivity index (χ0v) is 13.3. The Labute approximate surface area is 138 Å². The van der Waals surface area contributed by atoms with Crippen molar-refractivity contribution in [1.82, 2.24) is 0 Å². The van der Waals surface area contributed by atoms with Crippen molar-refractivity contribution in [1.29, 1.82) is 0 Å². The highest BCUT2D eigenvalue weighted by Crippen LogP contribution is 2.26. The number of carbonyl (C=O) groups is 2. The van der Waals surface area contributed by atoms with Crippen LogP contribution in [0.2, 0.25) is 10.0 Å². The van der Waals surface area contributed by atoms with Crippen molar-refractivity contribution in [3.8, 4) is 0 Å². The van der Waals surface area contributed by atoms with Gasteiger partial charge in [-0.2, -0.15) is 0 Å². The second-order valence-corrected chi connectivity index (χ2v) is 5.39. The van der Waals surface area contributed by atoms with Gasteiger partial charge in [0.1, 0.15) is 0 Å². The molecule has 0 bridgehead atoms. The average Bonchev–Trinajstić information content (AvgIpc) is 2.49. The van der Waals surface area contributed by atoms with E-state index in [0.717, 1.165) is 0 Å². The molecular weight excluding hydrogens is 321 g/mol. The van der Waals surface area contributed by atoms with Crippen molar-refractivity contribution in [2.75, 3.05) is 5.32 Å². The summed E-state index contributed by atoms with van der Waals surface area (Å²) in [7, 11) is 0. The van der Waals surface area contributed by atoms with Crippen LogP contribution in [0.1, 0.15) is 22.8 Å². The number of halogens is 2. The van der Waals surface area contributed by atoms with E-state index in [4.69, 9.17) is 23.2 Å². The van der Waals surface area contributed by atoms with Gasteiger partial charge in [-0.15, -0.1) is 0 Å². The Bertz CT molecular complexity index is 754. The maximum absolute atomic E-state index is 11.9. The highest BCUT2D eigenvalue weighted by Gasteiger charge is 2.04. The number of ketones is 1. The second kappa shape index (κ2) is 7.25. The lowest BCUT2D eigenvalue weighted by molar-refractivity contribution is -0.111. The van der Waals surface area contributed by atoms with Crippen LogP contribution >= 0.6 is 23.2 Å². The van der Waals surface area contributed by atoms with Gasteiger partial charge in [0, 0.05) is 17.3 Å². The van der Waals surface area contributed by atoms with Gasteiger partial charge in [-0.3, -0.25) is 9.59 Å². The van der Waals surface area contributed by atoms with E-state index >= 15 is 0 Å². The molecule has 0 aliphatic carbocycles. The van der Waals surface area contributed by atoms with Gasteiger partial charge >= 0.3 is 0 Å². The van der Waals surface area contributed by atoms with E-state index in [1.54, 1.807) is 48.5 Å². The third-order valence-electron chi connectivity index (χ3n) is 2.93. The van der Waals surface area contributed by atoms with Crippen molar-refractivity contribution in [3.63, 3.8) is 0 Å². The van der Waals surface area contributed by atoms with Gasteiger partial charge in [0.2, 0.25) is 5.91 Å². The molecule has 2 rings (SSSR count). The average molecular weight is 334 g/mol. The first-order valence-electron chi connectivity index (χ1n) is 6.51. The summed E-state index contributed by atoms with van der Waals surface area (Å²) in [5.41, 5.74) is 1.75. The molecule has 0 heterocycles. The van der Waals surface area contributed by atoms with Gasteiger partial charge in [0.15, 0.2) is 5.78 Å². The van der Waals surface area contributed by atoms with Gasteiger partial charge in [0.25, 0.3) is 0 Å². The van der Waals surface area contributed by atoms with E-state index in [0.29, 0.717) is 26.9 Å². The number of carbonyl (C=O) groups excluding carboxylic acids is 2. The van der Waals surface area contributed by atoms with E-state index in [1.807, 2.05) is 0 Å². The van der Waals surface area contributed by atoms with Crippen LogP contribution in [0.15, 0.2) is 48.5 Å². The molecule has 0 aliphatic heterocycles. The standard InChI is InChI=1S/C17H13Cl2NO2/c1-11(21)13-5-2-6-14(10-13)20-16(22)9-8-12-4-3-7-15(18)17(12)19/h2-10H,1H3,(H,20,22)/b9-8+. The third-order valence-corrected chi connectivity index (χ3v) is 3.77. The lowest BCUT2D eigenvalue weighted by Crippen LogP contribution is -2.08. The minimum atomic E-state index is -0.322. The molecule has 0 unspecified atom stereocenters. The Balaban J connectivity index is 2.10. The van der Waals surface area contributed by atoms with Gasteiger partial charge in [-0.05, 0) is 36.8 Å². The second-order valence-electron chi connectivity index (χ2n) is 4.60. The molecule has 2 aromatic rings. The lowest BCUT2D eigenvalue weighted by Gasteiger charge is -2.04. The number of benzene rings is 2. The normalized spacial score (nSPS) is 10.7. The fraction of sp³-hybridized carbons (Fsp3) is 0.0588. The number of anilines is 1. The predicted octanol–water partition coefficient (Wildman–Crippen LogP) is 4.85. The highest BCUT2D eigenvalue weighted by molar-refractivity contribution is 6.42. The summed E-state index contributed by atoms with van der Waals surface area (Å²) in [4.78, 5) is 23.2. The molecule has 0 saturated heterocycles. The molecule has 1 amide bonds. The minimum absolute atomic E-state index is 0.0580. The maximum atomic E-state index is 11.9. The molecule has 2 aromatic carbocycles. The smallest absolute Gasteiger partial charge is 0.248 e. The molecule has 0 atom stereocenters. The van der Waals surface area contributed by atoms with Crippen molar-refractivity contribution in [2.45, 2.75) is 6.92 Å². The largest absolute Gasteiger partial charge is 0.322 e. The summed E-state index contributed by atoms with van der Waals surface area (Å²) in [6.45, 7) is 1.47. The monoisotopic (exact) mass is 333 g/mol. The first-order chi connectivity index (χ1) is 10.5. The molecule has 1 N–H and O–H groups in total. The van der Waals surface area contributed by atoms with Crippen LogP contribution in [-0.4, -0.2) is 11.7 Å². The van der Waals surface area contributed by atoms with E-state index in [9.17, 15) is 9.59 Å². The quantitative estimate of drug-likeness (QED) is 0.642. The van der Waals surface area contributed by atoms with Crippen LogP contribution in [0.4, 0.5) is 5.69 Å². The fourth-order valence-electron chi connectivity index (χ4n) is 1.81. The lowest BCUT2D eigenvalue weighted by atomic mass is 10.1. The molecular formula is C17H13Cl2NO2. The van der Waals surface area contributed by atoms with Crippen molar-refractivity contribution in [3.05, 3.63) is 69.7 Å². The Morgan fingerprint density at radius 1 is 1.09 bits per heavy atom. The van der Waals surface area contributed by atoms with E-state index < -0.39 is 0 Å². The maximum Gasteiger partial charge on any atom is 0.248 e. The van der Waals surface area contributed by atoms with E-state index in [1.165, 1.54) is 13.0 Å². The molecule has 0 radical (unpaired) electrons. The van der Waals surface area contributed by atoms with Crippen LogP contribution in [0.25, 0.3) is 6.08 Å². The highest BCUT2D eigenvalue weighted by atomic mass is 35.5. The molecule has 112 valence electrons. The zero-order valence-electron chi connectivity index (χ0n) is 11.8. The van der Waals surface area contributed by atoms with Crippen LogP contribution in [0, 0.1) is 0 Å². The van der Waals surface area contributed by atoms with Crippen LogP contribution in [-0.2, 0) is 4.79 Å². The van der Waals surface area contributed by atoms with E-state index in [2.05, 4.69) is 5.32 Å². The Morgan fingerprint density at radius 2 is 1.82 bits per heavy atom. The van der Waals surface area contributed by atoms with Crippen molar-refractivity contribution in [2.24, 2.45) is 0 Å². The predicted molar refractivity (Wildman–Crippen MR) is 90.6 cm³/mol. The molecule has 3 nitrogen and oxygen atoms in total. The first-order valence-corrected chi connectivity index (χ1v) is 7.27. The van der Waals surface area contributed by atoms with Crippen molar-refractivity contribution >= 4 is 46.7 Å². The number of Topliss-reactive ketones (excluding diaryl/α,β-unsaturated/α-hetero) is 1. The number of hydrogen-bond donors (Lipinski definition) is 1.